The molecule has 6 nitrogen and oxygen atoms in total. The van der Waals surface area contributed by atoms with Crippen LogP contribution in [0.1, 0.15) is 18.9 Å². The molecule has 2 aromatic rings. The zero-order valence-corrected chi connectivity index (χ0v) is 16.0. The molecule has 138 valence electrons. The topological polar surface area (TPSA) is 84.5 Å². The van der Waals surface area contributed by atoms with Crippen LogP contribution >= 0.6 is 11.8 Å². The van der Waals surface area contributed by atoms with Gasteiger partial charge in [-0.2, -0.15) is 0 Å². The van der Waals surface area contributed by atoms with Crippen LogP contribution in [0.4, 0.5) is 5.69 Å². The van der Waals surface area contributed by atoms with Gasteiger partial charge in [-0.3, -0.25) is 4.79 Å². The van der Waals surface area contributed by atoms with E-state index in [9.17, 15) is 13.2 Å². The van der Waals surface area contributed by atoms with E-state index in [0.29, 0.717) is 30.2 Å². The molecule has 3 rings (SSSR count). The third-order valence-corrected chi connectivity index (χ3v) is 6.32. The molecular weight excluding hydrogens is 372 g/mol. The van der Waals surface area contributed by atoms with E-state index >= 15 is 0 Å². The van der Waals surface area contributed by atoms with Gasteiger partial charge < -0.3 is 10.1 Å². The first kappa shape index (κ1) is 18.8. The summed E-state index contributed by atoms with van der Waals surface area (Å²) in [5, 5.41) is 2.76. The molecule has 0 bridgehead atoms. The summed E-state index contributed by atoms with van der Waals surface area (Å²) in [4.78, 5) is 12.7. The molecule has 0 unspecified atom stereocenters. The number of carbonyl (C=O) groups is 1. The quantitative estimate of drug-likeness (QED) is 0.789. The molecule has 0 saturated carbocycles. The number of nitrogens with one attached hydrogen (secondary N) is 2. The second-order valence-electron chi connectivity index (χ2n) is 5.67. The Bertz CT molecular complexity index is 913. The third-order valence-electron chi connectivity index (χ3n) is 3.85. The van der Waals surface area contributed by atoms with Gasteiger partial charge in [0.05, 0.1) is 17.2 Å². The fourth-order valence-corrected chi connectivity index (χ4v) is 4.54. The molecule has 0 fully saturated rings. The van der Waals surface area contributed by atoms with Crippen LogP contribution in [0.25, 0.3) is 0 Å². The molecule has 0 saturated heterocycles. The minimum Gasteiger partial charge on any atom is -0.494 e. The monoisotopic (exact) mass is 392 g/mol. The molecule has 2 N–H and O–H groups in total. The van der Waals surface area contributed by atoms with Gasteiger partial charge in [0, 0.05) is 29.2 Å². The Balaban J connectivity index is 1.80. The standard InChI is InChI=1S/C18H20N2O4S2/c1-2-24-16-6-4-3-5-13(16)12-19-26(22,23)14-7-8-17-15(11-14)20-18(21)9-10-25-17/h3-8,11,19H,2,9-10,12H2,1H3,(H,20,21). The van der Waals surface area contributed by atoms with Crippen molar-refractivity contribution < 1.29 is 17.9 Å². The van der Waals surface area contributed by atoms with E-state index in [4.69, 9.17) is 4.74 Å². The molecule has 0 aromatic heterocycles. The SMILES string of the molecule is CCOc1ccccc1CNS(=O)(=O)c1ccc2c(c1)NC(=O)CCS2. The molecule has 0 atom stereocenters. The smallest absolute Gasteiger partial charge is 0.240 e. The summed E-state index contributed by atoms with van der Waals surface area (Å²) in [6, 6.07) is 12.1. The van der Waals surface area contributed by atoms with Crippen molar-refractivity contribution in [2.24, 2.45) is 0 Å². The summed E-state index contributed by atoms with van der Waals surface area (Å²) in [6.45, 7) is 2.51. The normalized spacial score (nSPS) is 14.3. The number of rotatable bonds is 6. The van der Waals surface area contributed by atoms with Gasteiger partial charge in [-0.1, -0.05) is 18.2 Å². The number of amides is 1. The summed E-state index contributed by atoms with van der Waals surface area (Å²) in [5.41, 5.74) is 1.30. The van der Waals surface area contributed by atoms with Gasteiger partial charge in [-0.05, 0) is 31.2 Å². The minimum atomic E-state index is -3.72. The Morgan fingerprint density at radius 2 is 2.04 bits per heavy atom. The molecule has 8 heteroatoms. The second kappa shape index (κ2) is 8.11. The summed E-state index contributed by atoms with van der Waals surface area (Å²) < 4.78 is 33.4. The fraction of sp³-hybridized carbons (Fsp3) is 0.278. The first-order chi connectivity index (χ1) is 12.5. The summed E-state index contributed by atoms with van der Waals surface area (Å²) in [6.07, 6.45) is 0.411. The van der Waals surface area contributed by atoms with Crippen LogP contribution in [0, 0.1) is 0 Å². The number of benzene rings is 2. The number of para-hydroxylation sites is 1. The highest BCUT2D eigenvalue weighted by Crippen LogP contribution is 2.32. The highest BCUT2D eigenvalue weighted by molar-refractivity contribution is 7.99. The van der Waals surface area contributed by atoms with Crippen LogP contribution in [-0.4, -0.2) is 26.7 Å². The number of hydrogen-bond donors (Lipinski definition) is 2. The van der Waals surface area contributed by atoms with Crippen LogP contribution in [-0.2, 0) is 21.4 Å². The van der Waals surface area contributed by atoms with Crippen molar-refractivity contribution in [1.29, 1.82) is 0 Å². The summed E-state index contributed by atoms with van der Waals surface area (Å²) in [5.74, 6) is 1.23. The predicted molar refractivity (Wildman–Crippen MR) is 102 cm³/mol. The lowest BCUT2D eigenvalue weighted by atomic mass is 10.2. The Labute approximate surface area is 157 Å². The van der Waals surface area contributed by atoms with Crippen LogP contribution in [0.3, 0.4) is 0 Å². The lowest BCUT2D eigenvalue weighted by Crippen LogP contribution is -2.23. The molecule has 26 heavy (non-hydrogen) atoms. The Hall–Kier alpha value is -2.03. The van der Waals surface area contributed by atoms with Gasteiger partial charge in [0.1, 0.15) is 5.75 Å². The van der Waals surface area contributed by atoms with Crippen molar-refractivity contribution in [3.8, 4) is 5.75 Å². The molecule has 0 spiro atoms. The molecular formula is C18H20N2O4S2. The first-order valence-corrected chi connectivity index (χ1v) is 10.7. The first-order valence-electron chi connectivity index (χ1n) is 8.26. The van der Waals surface area contributed by atoms with E-state index in [2.05, 4.69) is 10.0 Å². The third kappa shape index (κ3) is 4.38. The van der Waals surface area contributed by atoms with Crippen molar-refractivity contribution >= 4 is 33.4 Å². The Morgan fingerprint density at radius 1 is 1.23 bits per heavy atom. The van der Waals surface area contributed by atoms with Gasteiger partial charge in [0.2, 0.25) is 15.9 Å². The van der Waals surface area contributed by atoms with Crippen molar-refractivity contribution in [3.05, 3.63) is 48.0 Å². The van der Waals surface area contributed by atoms with E-state index < -0.39 is 10.0 Å². The zero-order valence-electron chi connectivity index (χ0n) is 14.3. The fourth-order valence-electron chi connectivity index (χ4n) is 2.57. The van der Waals surface area contributed by atoms with Crippen molar-refractivity contribution in [2.45, 2.75) is 29.7 Å². The number of fused-ring (bicyclic) bond motifs is 1. The largest absolute Gasteiger partial charge is 0.494 e. The van der Waals surface area contributed by atoms with E-state index in [1.807, 2.05) is 31.2 Å². The van der Waals surface area contributed by atoms with Gasteiger partial charge >= 0.3 is 0 Å². The molecule has 1 aliphatic rings. The number of anilines is 1. The number of carbonyl (C=O) groups excluding carboxylic acids is 1. The maximum Gasteiger partial charge on any atom is 0.240 e. The molecule has 1 amide bonds. The molecule has 1 aliphatic heterocycles. The van der Waals surface area contributed by atoms with Gasteiger partial charge in [0.15, 0.2) is 0 Å². The lowest BCUT2D eigenvalue weighted by Gasteiger charge is -2.13. The maximum absolute atomic E-state index is 12.7. The Kier molecular flexibility index (Phi) is 5.85. The van der Waals surface area contributed by atoms with Crippen molar-refractivity contribution in [3.63, 3.8) is 0 Å². The van der Waals surface area contributed by atoms with Crippen LogP contribution < -0.4 is 14.8 Å². The number of thioether (sulfide) groups is 1. The molecule has 1 heterocycles. The van der Waals surface area contributed by atoms with Crippen molar-refractivity contribution in [2.75, 3.05) is 17.7 Å². The molecule has 0 aliphatic carbocycles. The van der Waals surface area contributed by atoms with E-state index in [-0.39, 0.29) is 17.3 Å². The highest BCUT2D eigenvalue weighted by Gasteiger charge is 2.19. The van der Waals surface area contributed by atoms with E-state index in [1.165, 1.54) is 17.8 Å². The summed E-state index contributed by atoms with van der Waals surface area (Å²) >= 11 is 1.54. The summed E-state index contributed by atoms with van der Waals surface area (Å²) in [7, 11) is -3.72. The van der Waals surface area contributed by atoms with Crippen LogP contribution in [0.15, 0.2) is 52.3 Å². The van der Waals surface area contributed by atoms with E-state index in [1.54, 1.807) is 12.1 Å². The average Bonchev–Trinajstić information content (AvgIpc) is 2.81. The van der Waals surface area contributed by atoms with Gasteiger partial charge in [-0.25, -0.2) is 13.1 Å². The van der Waals surface area contributed by atoms with E-state index in [0.717, 1.165) is 10.5 Å². The van der Waals surface area contributed by atoms with Crippen LogP contribution in [0.2, 0.25) is 0 Å². The molecule has 2 aromatic carbocycles. The highest BCUT2D eigenvalue weighted by atomic mass is 32.2. The molecule has 0 radical (unpaired) electrons. The lowest BCUT2D eigenvalue weighted by molar-refractivity contribution is -0.115. The van der Waals surface area contributed by atoms with Gasteiger partial charge in [0.25, 0.3) is 0 Å². The zero-order chi connectivity index (χ0) is 18.6. The van der Waals surface area contributed by atoms with Gasteiger partial charge in [-0.15, -0.1) is 11.8 Å². The minimum absolute atomic E-state index is 0.107. The second-order valence-corrected chi connectivity index (χ2v) is 8.57. The number of sulfonamides is 1. The Morgan fingerprint density at radius 3 is 2.85 bits per heavy atom. The maximum atomic E-state index is 12.7. The van der Waals surface area contributed by atoms with Crippen LogP contribution in [0.5, 0.6) is 5.75 Å². The van der Waals surface area contributed by atoms with Crippen molar-refractivity contribution in [1.82, 2.24) is 4.72 Å². The predicted octanol–water partition coefficient (Wildman–Crippen LogP) is 3.00. The number of ether oxygens (including phenoxy) is 1. The number of hydrogen-bond acceptors (Lipinski definition) is 5. The average molecular weight is 393 g/mol.